The normalized spacial score (nSPS) is 13.6. The van der Waals surface area contributed by atoms with Crippen LogP contribution in [0, 0.1) is 12.8 Å². The van der Waals surface area contributed by atoms with Crippen molar-refractivity contribution in [3.8, 4) is 0 Å². The summed E-state index contributed by atoms with van der Waals surface area (Å²) in [7, 11) is 1.85. The fraction of sp³-hybridized carbons (Fsp3) is 0.682. The molecule has 0 saturated carbocycles. The summed E-state index contributed by atoms with van der Waals surface area (Å²) in [6, 6.07) is 2.03. The number of amides is 1. The Hall–Kier alpha value is -1.95. The molecule has 28 heavy (non-hydrogen) atoms. The molecule has 156 valence electrons. The molecule has 0 aliphatic rings. The van der Waals surface area contributed by atoms with Gasteiger partial charge >= 0.3 is 0 Å². The predicted octanol–water partition coefficient (Wildman–Crippen LogP) is 4.06. The lowest BCUT2D eigenvalue weighted by Gasteiger charge is -2.23. The molecule has 0 bridgehead atoms. The molecule has 1 amide bonds. The van der Waals surface area contributed by atoms with Gasteiger partial charge in [0.15, 0.2) is 5.65 Å². The summed E-state index contributed by atoms with van der Waals surface area (Å²) in [5.74, 6) is 0.622. The maximum atomic E-state index is 13.3. The molecule has 0 spiro atoms. The van der Waals surface area contributed by atoms with Gasteiger partial charge in [-0.15, -0.1) is 0 Å². The van der Waals surface area contributed by atoms with Gasteiger partial charge in [0.1, 0.15) is 0 Å². The third-order valence-corrected chi connectivity index (χ3v) is 5.29. The number of carbonyl (C=O) groups excluding carboxylic acids is 1. The van der Waals surface area contributed by atoms with E-state index in [1.54, 1.807) is 4.90 Å². The number of aryl methyl sites for hydroxylation is 1. The van der Waals surface area contributed by atoms with E-state index in [-0.39, 0.29) is 23.4 Å². The number of rotatable bonds is 6. The van der Waals surface area contributed by atoms with E-state index in [4.69, 9.17) is 15.8 Å². The first-order valence-corrected chi connectivity index (χ1v) is 10.3. The van der Waals surface area contributed by atoms with E-state index in [1.165, 1.54) is 0 Å². The first kappa shape index (κ1) is 22.3. The second-order valence-corrected chi connectivity index (χ2v) is 9.54. The van der Waals surface area contributed by atoms with Crippen LogP contribution in [0.4, 0.5) is 0 Å². The van der Waals surface area contributed by atoms with Crippen LogP contribution < -0.4 is 5.73 Å². The van der Waals surface area contributed by atoms with Gasteiger partial charge in [-0.3, -0.25) is 4.79 Å². The molecule has 0 aliphatic heterocycles. The van der Waals surface area contributed by atoms with E-state index in [9.17, 15) is 4.79 Å². The minimum atomic E-state index is -0.217. The highest BCUT2D eigenvalue weighted by Gasteiger charge is 2.26. The first-order chi connectivity index (χ1) is 12.8. The summed E-state index contributed by atoms with van der Waals surface area (Å²) in [5.41, 5.74) is 9.17. The second-order valence-electron chi connectivity index (χ2n) is 9.54. The van der Waals surface area contributed by atoms with Crippen molar-refractivity contribution in [3.05, 3.63) is 23.0 Å². The first-order valence-electron chi connectivity index (χ1n) is 10.3. The van der Waals surface area contributed by atoms with E-state index in [0.717, 1.165) is 28.8 Å². The van der Waals surface area contributed by atoms with Crippen molar-refractivity contribution in [2.75, 3.05) is 13.6 Å². The van der Waals surface area contributed by atoms with Crippen LogP contribution in [0.5, 0.6) is 0 Å². The second kappa shape index (κ2) is 8.19. The maximum absolute atomic E-state index is 13.3. The molecule has 2 rings (SSSR count). The Kier molecular flexibility index (Phi) is 6.54. The van der Waals surface area contributed by atoms with Crippen LogP contribution in [0.1, 0.15) is 82.6 Å². The molecule has 1 atom stereocenters. The van der Waals surface area contributed by atoms with Crippen LogP contribution >= 0.6 is 0 Å². The zero-order chi connectivity index (χ0) is 21.4. The van der Waals surface area contributed by atoms with Gasteiger partial charge in [0.05, 0.1) is 22.2 Å². The van der Waals surface area contributed by atoms with E-state index in [1.807, 2.05) is 24.7 Å². The van der Waals surface area contributed by atoms with Gasteiger partial charge in [0.2, 0.25) is 0 Å². The van der Waals surface area contributed by atoms with E-state index >= 15 is 0 Å². The van der Waals surface area contributed by atoms with Gasteiger partial charge in [-0.2, -0.15) is 5.10 Å². The van der Waals surface area contributed by atoms with Crippen molar-refractivity contribution in [2.24, 2.45) is 11.7 Å². The minimum Gasteiger partial charge on any atom is -0.342 e. The third-order valence-electron chi connectivity index (χ3n) is 5.29. The van der Waals surface area contributed by atoms with Crippen molar-refractivity contribution >= 4 is 16.9 Å². The van der Waals surface area contributed by atoms with E-state index in [0.29, 0.717) is 18.0 Å². The Bertz CT molecular complexity index is 845. The molecular formula is C22H37N5O. The van der Waals surface area contributed by atoms with Crippen molar-refractivity contribution in [1.82, 2.24) is 19.7 Å². The smallest absolute Gasteiger partial charge is 0.254 e. The predicted molar refractivity (Wildman–Crippen MR) is 116 cm³/mol. The molecule has 2 aromatic rings. The number of nitrogens with two attached hydrogens (primary N) is 1. The van der Waals surface area contributed by atoms with E-state index in [2.05, 4.69) is 48.5 Å². The van der Waals surface area contributed by atoms with Crippen LogP contribution in [0.2, 0.25) is 0 Å². The SMILES string of the molecule is Cc1nn(C(C)(C)C)c2nc(C(C)C)cc(C(=O)N(C)CCC(N)C(C)C)c12. The molecule has 0 aromatic carbocycles. The molecule has 2 aromatic heterocycles. The van der Waals surface area contributed by atoms with Crippen LogP contribution in [0.15, 0.2) is 6.07 Å². The van der Waals surface area contributed by atoms with E-state index < -0.39 is 0 Å². The average Bonchev–Trinajstić information content (AvgIpc) is 2.94. The Morgan fingerprint density at radius 1 is 1.25 bits per heavy atom. The van der Waals surface area contributed by atoms with Gasteiger partial charge in [-0.1, -0.05) is 27.7 Å². The highest BCUT2D eigenvalue weighted by molar-refractivity contribution is 6.06. The van der Waals surface area contributed by atoms with Crippen molar-refractivity contribution < 1.29 is 4.79 Å². The van der Waals surface area contributed by atoms with Crippen LogP contribution in [-0.2, 0) is 5.54 Å². The summed E-state index contributed by atoms with van der Waals surface area (Å²) >= 11 is 0. The maximum Gasteiger partial charge on any atom is 0.254 e. The lowest BCUT2D eigenvalue weighted by Crippen LogP contribution is -2.34. The molecule has 2 N–H and O–H groups in total. The Balaban J connectivity index is 2.53. The zero-order valence-electron chi connectivity index (χ0n) is 19.0. The average molecular weight is 388 g/mol. The van der Waals surface area contributed by atoms with Gasteiger partial charge in [-0.25, -0.2) is 9.67 Å². The largest absolute Gasteiger partial charge is 0.342 e. The lowest BCUT2D eigenvalue weighted by molar-refractivity contribution is 0.0791. The minimum absolute atomic E-state index is 0.00168. The van der Waals surface area contributed by atoms with Crippen molar-refractivity contribution in [3.63, 3.8) is 0 Å². The number of hydrogen-bond donors (Lipinski definition) is 1. The summed E-state index contributed by atoms with van der Waals surface area (Å²) in [4.78, 5) is 20.0. The standard InChI is InChI=1S/C22H37N5O/c1-13(2)17(23)10-11-26(9)21(28)16-12-18(14(3)4)24-20-19(16)15(5)25-27(20)22(6,7)8/h12-14,17H,10-11,23H2,1-9H3. The van der Waals surface area contributed by atoms with Crippen LogP contribution in [0.25, 0.3) is 11.0 Å². The third kappa shape index (κ3) is 4.54. The molecule has 2 heterocycles. The molecule has 0 saturated heterocycles. The zero-order valence-corrected chi connectivity index (χ0v) is 19.0. The number of aromatic nitrogens is 3. The van der Waals surface area contributed by atoms with Gasteiger partial charge in [0, 0.05) is 25.3 Å². The number of nitrogens with zero attached hydrogens (tertiary/aromatic N) is 4. The fourth-order valence-electron chi connectivity index (χ4n) is 3.22. The molecule has 0 radical (unpaired) electrons. The number of hydrogen-bond acceptors (Lipinski definition) is 4. The lowest BCUT2D eigenvalue weighted by atomic mass is 10.0. The van der Waals surface area contributed by atoms with Crippen LogP contribution in [0.3, 0.4) is 0 Å². The molecule has 6 nitrogen and oxygen atoms in total. The molecule has 6 heteroatoms. The van der Waals surface area contributed by atoms with Gasteiger partial charge in [0.25, 0.3) is 5.91 Å². The summed E-state index contributed by atoms with van der Waals surface area (Å²) < 4.78 is 1.94. The highest BCUT2D eigenvalue weighted by atomic mass is 16.2. The van der Waals surface area contributed by atoms with Crippen LogP contribution in [-0.4, -0.2) is 45.2 Å². The number of pyridine rings is 1. The van der Waals surface area contributed by atoms with Gasteiger partial charge in [-0.05, 0) is 52.0 Å². The summed E-state index contributed by atoms with van der Waals surface area (Å²) in [5, 5.41) is 5.58. The Labute approximate surface area is 169 Å². The molecule has 0 aliphatic carbocycles. The number of carbonyl (C=O) groups is 1. The quantitative estimate of drug-likeness (QED) is 0.811. The monoisotopic (exact) mass is 387 g/mol. The fourth-order valence-corrected chi connectivity index (χ4v) is 3.22. The molecular weight excluding hydrogens is 350 g/mol. The highest BCUT2D eigenvalue weighted by Crippen LogP contribution is 2.29. The summed E-state index contributed by atoms with van der Waals surface area (Å²) in [6.45, 7) is 17.3. The molecule has 1 unspecified atom stereocenters. The molecule has 0 fully saturated rings. The van der Waals surface area contributed by atoms with Gasteiger partial charge < -0.3 is 10.6 Å². The van der Waals surface area contributed by atoms with Crippen molar-refractivity contribution in [2.45, 2.75) is 79.3 Å². The Morgan fingerprint density at radius 2 is 1.86 bits per heavy atom. The topological polar surface area (TPSA) is 77.0 Å². The Morgan fingerprint density at radius 3 is 2.36 bits per heavy atom. The number of fused-ring (bicyclic) bond motifs is 1. The summed E-state index contributed by atoms with van der Waals surface area (Å²) in [6.07, 6.45) is 0.783. The van der Waals surface area contributed by atoms with Crippen molar-refractivity contribution in [1.29, 1.82) is 0 Å².